The highest BCUT2D eigenvalue weighted by Crippen LogP contribution is 2.39. The minimum absolute atomic E-state index is 0.00473. The van der Waals surface area contributed by atoms with E-state index < -0.39 is 0 Å². The smallest absolute Gasteiger partial charge is 0.257 e. The van der Waals surface area contributed by atoms with Crippen molar-refractivity contribution in [3.8, 4) is 17.2 Å². The minimum atomic E-state index is -0.258. The highest BCUT2D eigenvalue weighted by Gasteiger charge is 2.36. The Balaban J connectivity index is 1.34. The Kier molecular flexibility index (Phi) is 8.47. The van der Waals surface area contributed by atoms with Gasteiger partial charge in [-0.05, 0) is 62.0 Å². The zero-order chi connectivity index (χ0) is 27.2. The van der Waals surface area contributed by atoms with Gasteiger partial charge in [0, 0.05) is 23.6 Å². The van der Waals surface area contributed by atoms with Crippen LogP contribution in [-0.2, 0) is 11.2 Å². The molecule has 39 heavy (non-hydrogen) atoms. The van der Waals surface area contributed by atoms with Crippen LogP contribution in [0.15, 0.2) is 77.9 Å². The number of rotatable bonds is 9. The van der Waals surface area contributed by atoms with Crippen LogP contribution in [0.1, 0.15) is 42.0 Å². The summed E-state index contributed by atoms with van der Waals surface area (Å²) in [5, 5.41) is 6.55. The highest BCUT2D eigenvalue weighted by atomic mass is 16.5. The Hall–Kier alpha value is -3.84. The first-order valence-corrected chi connectivity index (χ1v) is 13.6. The third-order valence-corrected chi connectivity index (χ3v) is 7.82. The number of ether oxygens (including phenoxy) is 3. The predicted octanol–water partition coefficient (Wildman–Crippen LogP) is 5.34. The van der Waals surface area contributed by atoms with Crippen molar-refractivity contribution in [2.24, 2.45) is 11.0 Å². The summed E-state index contributed by atoms with van der Waals surface area (Å²) in [6.07, 6.45) is 3.85. The number of carbonyl (C=O) groups is 1. The molecular weight excluding hydrogens is 490 g/mol. The van der Waals surface area contributed by atoms with E-state index in [-0.39, 0.29) is 11.9 Å². The standard InChI is InChI=1S/C32H37N3O4/c1-37-25-13-14-26(31(20-25)39-3)28-21-29(27-11-7-8-12-30(27)38-2)35(33-28)32(36)22-34-17-15-24(16-18-34)19-23-9-5-4-6-10-23/h4-14,20,24,29H,15-19,21-22H2,1-3H3. The largest absolute Gasteiger partial charge is 0.497 e. The van der Waals surface area contributed by atoms with E-state index in [0.29, 0.717) is 30.4 Å². The molecule has 0 N–H and O–H groups in total. The molecule has 2 aliphatic rings. The second-order valence-electron chi connectivity index (χ2n) is 10.2. The quantitative estimate of drug-likeness (QED) is 0.376. The molecule has 1 unspecified atom stereocenters. The lowest BCUT2D eigenvalue weighted by Gasteiger charge is -2.33. The average Bonchev–Trinajstić information content (AvgIpc) is 3.43. The van der Waals surface area contributed by atoms with Crippen LogP contribution in [0.4, 0.5) is 0 Å². The molecule has 1 atom stereocenters. The first kappa shape index (κ1) is 26.8. The molecule has 0 bridgehead atoms. The van der Waals surface area contributed by atoms with Crippen LogP contribution in [0.25, 0.3) is 0 Å². The number of carbonyl (C=O) groups excluding carboxylic acids is 1. The first-order valence-electron chi connectivity index (χ1n) is 13.6. The summed E-state index contributed by atoms with van der Waals surface area (Å²) < 4.78 is 16.7. The van der Waals surface area contributed by atoms with Crippen molar-refractivity contribution < 1.29 is 19.0 Å². The number of hydrazone groups is 1. The zero-order valence-electron chi connectivity index (χ0n) is 23.0. The van der Waals surface area contributed by atoms with Gasteiger partial charge in [-0.3, -0.25) is 9.69 Å². The lowest BCUT2D eigenvalue weighted by atomic mass is 9.90. The van der Waals surface area contributed by atoms with E-state index in [1.54, 1.807) is 26.3 Å². The van der Waals surface area contributed by atoms with Gasteiger partial charge in [0.05, 0.1) is 39.6 Å². The lowest BCUT2D eigenvalue weighted by molar-refractivity contribution is -0.134. The van der Waals surface area contributed by atoms with Crippen molar-refractivity contribution >= 4 is 11.6 Å². The molecule has 204 valence electrons. The molecule has 2 aliphatic heterocycles. The number of para-hydroxylation sites is 1. The fraction of sp³-hybridized carbons (Fsp3) is 0.375. The fourth-order valence-electron chi connectivity index (χ4n) is 5.68. The number of amides is 1. The Labute approximate surface area is 231 Å². The summed E-state index contributed by atoms with van der Waals surface area (Å²) in [7, 11) is 4.92. The number of piperidine rings is 1. The summed E-state index contributed by atoms with van der Waals surface area (Å²) >= 11 is 0. The molecule has 0 saturated carbocycles. The van der Waals surface area contributed by atoms with Gasteiger partial charge in [0.2, 0.25) is 0 Å². The van der Waals surface area contributed by atoms with Crippen LogP contribution in [0.2, 0.25) is 0 Å². The van der Waals surface area contributed by atoms with E-state index >= 15 is 0 Å². The van der Waals surface area contributed by atoms with E-state index in [1.165, 1.54) is 5.56 Å². The maximum Gasteiger partial charge on any atom is 0.257 e. The van der Waals surface area contributed by atoms with Crippen molar-refractivity contribution in [3.05, 3.63) is 89.5 Å². The molecule has 3 aromatic carbocycles. The van der Waals surface area contributed by atoms with Gasteiger partial charge in [-0.15, -0.1) is 0 Å². The van der Waals surface area contributed by atoms with E-state index in [4.69, 9.17) is 19.3 Å². The molecule has 0 radical (unpaired) electrons. The minimum Gasteiger partial charge on any atom is -0.497 e. The fourth-order valence-corrected chi connectivity index (χ4v) is 5.68. The molecule has 5 rings (SSSR count). The summed E-state index contributed by atoms with van der Waals surface area (Å²) in [6, 6.07) is 24.0. The van der Waals surface area contributed by atoms with Crippen molar-refractivity contribution in [3.63, 3.8) is 0 Å². The van der Waals surface area contributed by atoms with Gasteiger partial charge in [-0.2, -0.15) is 5.10 Å². The van der Waals surface area contributed by atoms with Gasteiger partial charge in [0.25, 0.3) is 5.91 Å². The van der Waals surface area contributed by atoms with E-state index in [0.717, 1.165) is 54.9 Å². The van der Waals surface area contributed by atoms with Crippen LogP contribution in [0, 0.1) is 5.92 Å². The molecule has 2 heterocycles. The molecule has 0 aliphatic carbocycles. The maximum absolute atomic E-state index is 13.8. The average molecular weight is 528 g/mol. The molecule has 1 fully saturated rings. The van der Waals surface area contributed by atoms with Gasteiger partial charge in [0.1, 0.15) is 17.2 Å². The van der Waals surface area contributed by atoms with Crippen LogP contribution < -0.4 is 14.2 Å². The molecule has 1 saturated heterocycles. The first-order chi connectivity index (χ1) is 19.1. The second-order valence-corrected chi connectivity index (χ2v) is 10.2. The van der Waals surface area contributed by atoms with Crippen molar-refractivity contribution in [2.45, 2.75) is 31.7 Å². The third kappa shape index (κ3) is 6.09. The number of likely N-dealkylation sites (tertiary alicyclic amines) is 1. The molecular formula is C32H37N3O4. The van der Waals surface area contributed by atoms with Crippen molar-refractivity contribution in [1.82, 2.24) is 9.91 Å². The number of hydrogen-bond acceptors (Lipinski definition) is 6. The number of hydrogen-bond donors (Lipinski definition) is 0. The molecule has 3 aromatic rings. The van der Waals surface area contributed by atoms with E-state index in [9.17, 15) is 4.79 Å². The Morgan fingerprint density at radius 1 is 0.872 bits per heavy atom. The zero-order valence-corrected chi connectivity index (χ0v) is 23.0. The number of benzene rings is 3. The van der Waals surface area contributed by atoms with E-state index in [1.807, 2.05) is 42.5 Å². The van der Waals surface area contributed by atoms with Gasteiger partial charge in [-0.1, -0.05) is 48.5 Å². The number of methoxy groups -OCH3 is 3. The second kappa shape index (κ2) is 12.3. The van der Waals surface area contributed by atoms with Gasteiger partial charge in [-0.25, -0.2) is 5.01 Å². The summed E-state index contributed by atoms with van der Waals surface area (Å²) in [5.74, 6) is 2.77. The van der Waals surface area contributed by atoms with Gasteiger partial charge in [0.15, 0.2) is 0 Å². The van der Waals surface area contributed by atoms with Crippen molar-refractivity contribution in [1.29, 1.82) is 0 Å². The van der Waals surface area contributed by atoms with Crippen LogP contribution in [0.5, 0.6) is 17.2 Å². The lowest BCUT2D eigenvalue weighted by Crippen LogP contribution is -2.42. The van der Waals surface area contributed by atoms with Gasteiger partial charge >= 0.3 is 0 Å². The summed E-state index contributed by atoms with van der Waals surface area (Å²) in [4.78, 5) is 16.1. The molecule has 7 heteroatoms. The Morgan fingerprint density at radius 3 is 2.31 bits per heavy atom. The SMILES string of the molecule is COc1ccc(C2=NN(C(=O)CN3CCC(Cc4ccccc4)CC3)C(c3ccccc3OC)C2)c(OC)c1. The predicted molar refractivity (Wildman–Crippen MR) is 153 cm³/mol. The normalized spacial score (nSPS) is 18.1. The highest BCUT2D eigenvalue weighted by molar-refractivity contribution is 6.05. The Bertz CT molecular complexity index is 1300. The number of nitrogens with zero attached hydrogens (tertiary/aromatic N) is 3. The third-order valence-electron chi connectivity index (χ3n) is 7.82. The van der Waals surface area contributed by atoms with Gasteiger partial charge < -0.3 is 14.2 Å². The monoisotopic (exact) mass is 527 g/mol. The summed E-state index contributed by atoms with van der Waals surface area (Å²) in [5.41, 5.74) is 4.00. The summed E-state index contributed by atoms with van der Waals surface area (Å²) in [6.45, 7) is 2.18. The Morgan fingerprint density at radius 2 is 1.59 bits per heavy atom. The molecule has 1 amide bonds. The topological polar surface area (TPSA) is 63.6 Å². The van der Waals surface area contributed by atoms with Crippen LogP contribution in [-0.4, -0.2) is 62.5 Å². The van der Waals surface area contributed by atoms with Crippen LogP contribution in [0.3, 0.4) is 0 Å². The van der Waals surface area contributed by atoms with E-state index in [2.05, 4.69) is 35.2 Å². The maximum atomic E-state index is 13.8. The van der Waals surface area contributed by atoms with Crippen LogP contribution >= 0.6 is 0 Å². The molecule has 0 aromatic heterocycles. The molecule has 0 spiro atoms. The van der Waals surface area contributed by atoms with Crippen molar-refractivity contribution in [2.75, 3.05) is 41.0 Å². The molecule has 7 nitrogen and oxygen atoms in total.